The van der Waals surface area contributed by atoms with E-state index < -0.39 is 0 Å². The number of thioether (sulfide) groups is 1. The maximum Gasteiger partial charge on any atom is 0.232 e. The molecule has 1 atom stereocenters. The van der Waals surface area contributed by atoms with Gasteiger partial charge in [0, 0.05) is 26.2 Å². The molecule has 0 radical (unpaired) electrons. The van der Waals surface area contributed by atoms with Gasteiger partial charge in [0.25, 0.3) is 0 Å². The first-order valence-corrected chi connectivity index (χ1v) is 8.79. The lowest BCUT2D eigenvalue weighted by Crippen LogP contribution is -2.53. The molecule has 6 heteroatoms. The minimum absolute atomic E-state index is 0.0504. The van der Waals surface area contributed by atoms with Gasteiger partial charge in [0.1, 0.15) is 11.8 Å². The van der Waals surface area contributed by atoms with Crippen LogP contribution in [0.15, 0.2) is 22.8 Å². The molecule has 0 N–H and O–H groups in total. The molecule has 1 saturated heterocycles. The zero-order valence-electron chi connectivity index (χ0n) is 13.2. The summed E-state index contributed by atoms with van der Waals surface area (Å²) in [5.41, 5.74) is 0. The second-order valence-electron chi connectivity index (χ2n) is 5.81. The summed E-state index contributed by atoms with van der Waals surface area (Å²) in [4.78, 5) is 16.3. The fourth-order valence-corrected chi connectivity index (χ4v) is 3.45. The van der Waals surface area contributed by atoms with E-state index in [1.54, 1.807) is 18.0 Å². The number of carbonyl (C=O) groups is 1. The van der Waals surface area contributed by atoms with Crippen LogP contribution in [0.25, 0.3) is 0 Å². The van der Waals surface area contributed by atoms with Crippen molar-refractivity contribution in [1.82, 2.24) is 9.80 Å². The molecule has 2 rings (SSSR count). The third-order valence-corrected chi connectivity index (χ3v) is 4.81. The molecule has 0 bridgehead atoms. The van der Waals surface area contributed by atoms with Crippen molar-refractivity contribution in [3.05, 3.63) is 24.2 Å². The number of nitrogens with zero attached hydrogens (tertiary/aromatic N) is 3. The van der Waals surface area contributed by atoms with Crippen LogP contribution >= 0.6 is 11.8 Å². The molecule has 120 valence electrons. The number of furan rings is 1. The summed E-state index contributed by atoms with van der Waals surface area (Å²) < 4.78 is 5.25. The predicted molar refractivity (Wildman–Crippen MR) is 87.3 cm³/mol. The zero-order valence-corrected chi connectivity index (χ0v) is 14.0. The van der Waals surface area contributed by atoms with E-state index in [9.17, 15) is 10.1 Å². The van der Waals surface area contributed by atoms with Crippen LogP contribution in [0.2, 0.25) is 0 Å². The van der Waals surface area contributed by atoms with Crippen LogP contribution in [-0.2, 0) is 10.5 Å². The highest BCUT2D eigenvalue weighted by atomic mass is 32.2. The quantitative estimate of drug-likeness (QED) is 0.804. The van der Waals surface area contributed by atoms with Crippen molar-refractivity contribution in [3.8, 4) is 6.07 Å². The van der Waals surface area contributed by atoms with Crippen molar-refractivity contribution < 1.29 is 9.21 Å². The van der Waals surface area contributed by atoms with Gasteiger partial charge in [-0.05, 0) is 18.1 Å². The number of rotatable bonds is 6. The normalized spacial score (nSPS) is 17.5. The molecule has 0 saturated carbocycles. The van der Waals surface area contributed by atoms with Gasteiger partial charge in [-0.2, -0.15) is 5.26 Å². The third-order valence-electron chi connectivity index (χ3n) is 3.87. The number of amides is 1. The molecule has 5 nitrogen and oxygen atoms in total. The van der Waals surface area contributed by atoms with E-state index in [-0.39, 0.29) is 11.9 Å². The number of hydrogen-bond donors (Lipinski definition) is 0. The first kappa shape index (κ1) is 16.9. The van der Waals surface area contributed by atoms with Crippen molar-refractivity contribution in [1.29, 1.82) is 5.26 Å². The summed E-state index contributed by atoms with van der Waals surface area (Å²) >= 11 is 1.58. The standard InChI is InChI=1S/C16H23N3O2S/c1-13(2)15(10-17)18-5-7-19(8-6-18)16(20)12-22-11-14-4-3-9-21-14/h3-4,9,13,15H,5-8,11-12H2,1-2H3/t15-/m1/s1. The second-order valence-corrected chi connectivity index (χ2v) is 6.79. The first-order valence-electron chi connectivity index (χ1n) is 7.63. The SMILES string of the molecule is CC(C)[C@@H](C#N)N1CCN(C(=O)CSCc2ccco2)CC1. The highest BCUT2D eigenvalue weighted by molar-refractivity contribution is 7.99. The molecule has 0 spiro atoms. The number of piperazine rings is 1. The molecule has 0 aromatic carbocycles. The van der Waals surface area contributed by atoms with E-state index >= 15 is 0 Å². The Labute approximate surface area is 136 Å². The van der Waals surface area contributed by atoms with Crippen LogP contribution in [0.4, 0.5) is 0 Å². The van der Waals surface area contributed by atoms with E-state index in [1.807, 2.05) is 17.0 Å². The van der Waals surface area contributed by atoms with Crippen molar-refractivity contribution >= 4 is 17.7 Å². The summed E-state index contributed by atoms with van der Waals surface area (Å²) in [6.45, 7) is 7.12. The Morgan fingerprint density at radius 1 is 1.41 bits per heavy atom. The Balaban J connectivity index is 1.72. The molecule has 1 aromatic rings. The summed E-state index contributed by atoms with van der Waals surface area (Å²) in [5.74, 6) is 2.59. The van der Waals surface area contributed by atoms with Crippen LogP contribution < -0.4 is 0 Å². The molecule has 0 aliphatic carbocycles. The number of hydrogen-bond acceptors (Lipinski definition) is 5. The summed E-state index contributed by atoms with van der Waals surface area (Å²) in [6.07, 6.45) is 1.65. The highest BCUT2D eigenvalue weighted by Gasteiger charge is 2.27. The van der Waals surface area contributed by atoms with Gasteiger partial charge in [-0.3, -0.25) is 9.69 Å². The van der Waals surface area contributed by atoms with Gasteiger partial charge in [-0.15, -0.1) is 11.8 Å². The number of carbonyl (C=O) groups excluding carboxylic acids is 1. The van der Waals surface area contributed by atoms with E-state index in [2.05, 4.69) is 24.8 Å². The van der Waals surface area contributed by atoms with E-state index in [4.69, 9.17) is 4.42 Å². The minimum atomic E-state index is -0.0504. The molecule has 1 aliphatic heterocycles. The van der Waals surface area contributed by atoms with Crippen LogP contribution in [0.1, 0.15) is 19.6 Å². The van der Waals surface area contributed by atoms with Crippen LogP contribution in [0, 0.1) is 17.2 Å². The van der Waals surface area contributed by atoms with Crippen molar-refractivity contribution in [2.75, 3.05) is 31.9 Å². The maximum absolute atomic E-state index is 12.2. The molecule has 1 fully saturated rings. The molecular weight excluding hydrogens is 298 g/mol. The largest absolute Gasteiger partial charge is 0.468 e. The summed E-state index contributed by atoms with van der Waals surface area (Å²) in [7, 11) is 0. The van der Waals surface area contributed by atoms with Gasteiger partial charge in [0.2, 0.25) is 5.91 Å². The second kappa shape index (κ2) is 8.25. The average Bonchev–Trinajstić information content (AvgIpc) is 3.01. The summed E-state index contributed by atoms with van der Waals surface area (Å²) in [6, 6.07) is 6.10. The highest BCUT2D eigenvalue weighted by Crippen LogP contribution is 2.16. The lowest BCUT2D eigenvalue weighted by molar-refractivity contribution is -0.130. The average molecular weight is 321 g/mol. The van der Waals surface area contributed by atoms with Crippen molar-refractivity contribution in [2.45, 2.75) is 25.6 Å². The maximum atomic E-state index is 12.2. The molecule has 1 amide bonds. The molecule has 1 aliphatic rings. The Morgan fingerprint density at radius 3 is 2.68 bits per heavy atom. The first-order chi connectivity index (χ1) is 10.6. The van der Waals surface area contributed by atoms with Crippen LogP contribution in [-0.4, -0.2) is 53.7 Å². The van der Waals surface area contributed by atoms with Crippen molar-refractivity contribution in [2.24, 2.45) is 5.92 Å². The zero-order chi connectivity index (χ0) is 15.9. The predicted octanol–water partition coefficient (Wildman–Crippen LogP) is 2.21. The molecular formula is C16H23N3O2S. The lowest BCUT2D eigenvalue weighted by Gasteiger charge is -2.38. The third kappa shape index (κ3) is 4.52. The van der Waals surface area contributed by atoms with Crippen LogP contribution in [0.3, 0.4) is 0 Å². The fourth-order valence-electron chi connectivity index (χ4n) is 2.63. The molecule has 22 heavy (non-hydrogen) atoms. The Kier molecular flexibility index (Phi) is 6.34. The van der Waals surface area contributed by atoms with Gasteiger partial charge in [-0.1, -0.05) is 13.8 Å². The van der Waals surface area contributed by atoms with E-state index in [0.29, 0.717) is 24.8 Å². The monoisotopic (exact) mass is 321 g/mol. The summed E-state index contributed by atoms with van der Waals surface area (Å²) in [5, 5.41) is 9.25. The molecule has 1 aromatic heterocycles. The molecule has 0 unspecified atom stereocenters. The van der Waals surface area contributed by atoms with Gasteiger partial charge in [0.05, 0.1) is 23.8 Å². The van der Waals surface area contributed by atoms with Crippen LogP contribution in [0.5, 0.6) is 0 Å². The van der Waals surface area contributed by atoms with Gasteiger partial charge in [0.15, 0.2) is 0 Å². The van der Waals surface area contributed by atoms with Gasteiger partial charge < -0.3 is 9.32 Å². The van der Waals surface area contributed by atoms with E-state index in [0.717, 1.165) is 24.6 Å². The number of nitriles is 1. The van der Waals surface area contributed by atoms with Gasteiger partial charge >= 0.3 is 0 Å². The Bertz CT molecular complexity index is 502. The fraction of sp³-hybridized carbons (Fsp3) is 0.625. The molecule has 2 heterocycles. The smallest absolute Gasteiger partial charge is 0.232 e. The lowest BCUT2D eigenvalue weighted by atomic mass is 10.0. The van der Waals surface area contributed by atoms with Crippen molar-refractivity contribution in [3.63, 3.8) is 0 Å². The minimum Gasteiger partial charge on any atom is -0.468 e. The topological polar surface area (TPSA) is 60.5 Å². The Hall–Kier alpha value is -1.45. The Morgan fingerprint density at radius 2 is 2.14 bits per heavy atom. The van der Waals surface area contributed by atoms with E-state index in [1.165, 1.54) is 0 Å². The van der Waals surface area contributed by atoms with Gasteiger partial charge in [-0.25, -0.2) is 0 Å².